The first-order valence-corrected chi connectivity index (χ1v) is 11.7. The molecule has 27 heavy (non-hydrogen) atoms. The summed E-state index contributed by atoms with van der Waals surface area (Å²) in [5, 5.41) is 10.6. The standard InChI is InChI=1S/C24H48O2.H3N/c1-7-13-17-21(11-5)24(19-15-9-3,20-16-10-4)23(12-6,22(25)26)18-14-8-2;/h21H,7-20H2,1-6H3,(H,25,26);1H3. The Morgan fingerprint density at radius 2 is 1.22 bits per heavy atom. The van der Waals surface area contributed by atoms with Gasteiger partial charge >= 0.3 is 5.97 Å². The topological polar surface area (TPSA) is 72.3 Å². The van der Waals surface area contributed by atoms with Crippen LogP contribution < -0.4 is 6.15 Å². The van der Waals surface area contributed by atoms with E-state index in [9.17, 15) is 9.90 Å². The van der Waals surface area contributed by atoms with Crippen molar-refractivity contribution in [3.8, 4) is 0 Å². The van der Waals surface area contributed by atoms with E-state index < -0.39 is 11.4 Å². The first-order valence-electron chi connectivity index (χ1n) is 11.7. The van der Waals surface area contributed by atoms with Gasteiger partial charge in [-0.25, -0.2) is 0 Å². The molecule has 0 saturated heterocycles. The van der Waals surface area contributed by atoms with E-state index in [2.05, 4.69) is 41.5 Å². The molecule has 3 heteroatoms. The van der Waals surface area contributed by atoms with E-state index >= 15 is 0 Å². The van der Waals surface area contributed by atoms with E-state index in [0.29, 0.717) is 5.92 Å². The molecule has 2 atom stereocenters. The van der Waals surface area contributed by atoms with Crippen LogP contribution in [0, 0.1) is 16.7 Å². The largest absolute Gasteiger partial charge is 0.481 e. The maximum absolute atomic E-state index is 12.8. The van der Waals surface area contributed by atoms with Crippen LogP contribution in [0.3, 0.4) is 0 Å². The van der Waals surface area contributed by atoms with Crippen molar-refractivity contribution in [2.75, 3.05) is 0 Å². The molecule has 0 aliphatic heterocycles. The summed E-state index contributed by atoms with van der Waals surface area (Å²) in [6.07, 6.45) is 15.3. The van der Waals surface area contributed by atoms with Gasteiger partial charge in [-0.05, 0) is 43.4 Å². The maximum Gasteiger partial charge on any atom is 0.310 e. The predicted molar refractivity (Wildman–Crippen MR) is 120 cm³/mol. The second-order valence-corrected chi connectivity index (χ2v) is 8.46. The molecule has 0 fully saturated rings. The Morgan fingerprint density at radius 1 is 0.778 bits per heavy atom. The molecule has 0 aromatic carbocycles. The fraction of sp³-hybridized carbons (Fsp3) is 0.958. The Bertz CT molecular complexity index is 361. The molecule has 164 valence electrons. The fourth-order valence-corrected chi connectivity index (χ4v) is 5.44. The first-order chi connectivity index (χ1) is 12.5. The zero-order valence-corrected chi connectivity index (χ0v) is 19.5. The molecule has 0 rings (SSSR count). The summed E-state index contributed by atoms with van der Waals surface area (Å²) in [4.78, 5) is 12.8. The predicted octanol–water partition coefficient (Wildman–Crippen LogP) is 8.40. The number of carboxylic acids is 1. The average Bonchev–Trinajstić information content (AvgIpc) is 2.64. The third kappa shape index (κ3) is 7.07. The minimum Gasteiger partial charge on any atom is -0.481 e. The Kier molecular flexibility index (Phi) is 16.3. The van der Waals surface area contributed by atoms with Crippen LogP contribution in [0.15, 0.2) is 0 Å². The van der Waals surface area contributed by atoms with E-state index in [1.807, 2.05) is 0 Å². The molecule has 2 unspecified atom stereocenters. The lowest BCUT2D eigenvalue weighted by atomic mass is 9.49. The summed E-state index contributed by atoms with van der Waals surface area (Å²) in [5.74, 6) is 0.0176. The summed E-state index contributed by atoms with van der Waals surface area (Å²) in [6, 6.07) is 0. The Morgan fingerprint density at radius 3 is 1.56 bits per heavy atom. The van der Waals surface area contributed by atoms with Crippen LogP contribution in [0.4, 0.5) is 0 Å². The summed E-state index contributed by atoms with van der Waals surface area (Å²) >= 11 is 0. The number of carboxylic acid groups (broad SMARTS) is 1. The highest BCUT2D eigenvalue weighted by atomic mass is 16.4. The van der Waals surface area contributed by atoms with Crippen molar-refractivity contribution in [2.45, 2.75) is 131 Å². The van der Waals surface area contributed by atoms with Crippen molar-refractivity contribution in [3.63, 3.8) is 0 Å². The molecule has 0 bridgehead atoms. The maximum atomic E-state index is 12.8. The number of hydrogen-bond donors (Lipinski definition) is 2. The van der Waals surface area contributed by atoms with Crippen LogP contribution in [0.5, 0.6) is 0 Å². The average molecular weight is 386 g/mol. The number of unbranched alkanes of at least 4 members (excludes halogenated alkanes) is 4. The van der Waals surface area contributed by atoms with E-state index in [4.69, 9.17) is 0 Å². The monoisotopic (exact) mass is 385 g/mol. The molecule has 4 N–H and O–H groups in total. The van der Waals surface area contributed by atoms with Crippen LogP contribution in [0.1, 0.15) is 131 Å². The summed E-state index contributed by atoms with van der Waals surface area (Å²) < 4.78 is 0. The molecule has 3 nitrogen and oxygen atoms in total. The van der Waals surface area contributed by atoms with Crippen LogP contribution in [-0.4, -0.2) is 11.1 Å². The summed E-state index contributed by atoms with van der Waals surface area (Å²) in [7, 11) is 0. The van der Waals surface area contributed by atoms with Gasteiger partial charge in [-0.3, -0.25) is 4.79 Å². The van der Waals surface area contributed by atoms with Gasteiger partial charge in [0.2, 0.25) is 0 Å². The lowest BCUT2D eigenvalue weighted by molar-refractivity contribution is -0.168. The van der Waals surface area contributed by atoms with Crippen LogP contribution in [0.25, 0.3) is 0 Å². The third-order valence-corrected chi connectivity index (χ3v) is 7.06. The minimum atomic E-state index is -0.554. The lowest BCUT2D eigenvalue weighted by Crippen LogP contribution is -2.52. The molecule has 0 aromatic rings. The number of aliphatic carboxylic acids is 1. The molecule has 0 aromatic heterocycles. The normalized spacial score (nSPS) is 15.0. The van der Waals surface area contributed by atoms with Gasteiger partial charge in [0.25, 0.3) is 0 Å². The molecular formula is C24H51NO2. The molecule has 0 radical (unpaired) electrons. The van der Waals surface area contributed by atoms with Crippen LogP contribution >= 0.6 is 0 Å². The van der Waals surface area contributed by atoms with Crippen molar-refractivity contribution in [2.24, 2.45) is 16.7 Å². The third-order valence-electron chi connectivity index (χ3n) is 7.06. The zero-order valence-electron chi connectivity index (χ0n) is 19.5. The highest BCUT2D eigenvalue weighted by molar-refractivity contribution is 5.76. The van der Waals surface area contributed by atoms with E-state index in [-0.39, 0.29) is 11.6 Å². The molecule has 0 heterocycles. The van der Waals surface area contributed by atoms with E-state index in [0.717, 1.165) is 70.6 Å². The quantitative estimate of drug-likeness (QED) is 0.264. The SMILES string of the molecule is CCCCC(CC)C(CCCC)(CCCC)C(CC)(CCCC)C(=O)O.N. The van der Waals surface area contributed by atoms with Gasteiger partial charge < -0.3 is 11.3 Å². The summed E-state index contributed by atoms with van der Waals surface area (Å²) in [5.41, 5.74) is -0.597. The molecule has 0 amide bonds. The van der Waals surface area contributed by atoms with Gasteiger partial charge in [-0.15, -0.1) is 0 Å². The zero-order chi connectivity index (χ0) is 20.1. The van der Waals surface area contributed by atoms with Crippen LogP contribution in [-0.2, 0) is 4.79 Å². The molecule has 0 aliphatic carbocycles. The molecule has 0 spiro atoms. The highest BCUT2D eigenvalue weighted by Crippen LogP contribution is 2.59. The Labute approximate surface area is 170 Å². The van der Waals surface area contributed by atoms with Crippen molar-refractivity contribution in [3.05, 3.63) is 0 Å². The second-order valence-electron chi connectivity index (χ2n) is 8.46. The number of rotatable bonds is 17. The minimum absolute atomic E-state index is 0. The van der Waals surface area contributed by atoms with Crippen molar-refractivity contribution in [1.29, 1.82) is 0 Å². The smallest absolute Gasteiger partial charge is 0.310 e. The highest BCUT2D eigenvalue weighted by Gasteiger charge is 2.56. The van der Waals surface area contributed by atoms with E-state index in [1.54, 1.807) is 0 Å². The molecular weight excluding hydrogens is 334 g/mol. The fourth-order valence-electron chi connectivity index (χ4n) is 5.44. The van der Waals surface area contributed by atoms with Gasteiger partial charge in [0.15, 0.2) is 0 Å². The van der Waals surface area contributed by atoms with Gasteiger partial charge in [-0.2, -0.15) is 0 Å². The van der Waals surface area contributed by atoms with Gasteiger partial charge in [-0.1, -0.05) is 99.3 Å². The Hall–Kier alpha value is -0.570. The van der Waals surface area contributed by atoms with Crippen molar-refractivity contribution < 1.29 is 9.90 Å². The Balaban J connectivity index is 0. The lowest BCUT2D eigenvalue weighted by Gasteiger charge is -2.53. The van der Waals surface area contributed by atoms with Gasteiger partial charge in [0.05, 0.1) is 5.41 Å². The van der Waals surface area contributed by atoms with Crippen molar-refractivity contribution in [1.82, 2.24) is 6.15 Å². The van der Waals surface area contributed by atoms with Gasteiger partial charge in [0, 0.05) is 0 Å². The second kappa shape index (κ2) is 15.4. The number of carbonyl (C=O) groups is 1. The number of hydrogen-bond acceptors (Lipinski definition) is 2. The summed E-state index contributed by atoms with van der Waals surface area (Å²) in [6.45, 7) is 13.4. The van der Waals surface area contributed by atoms with Crippen LogP contribution in [0.2, 0.25) is 0 Å². The van der Waals surface area contributed by atoms with Gasteiger partial charge in [0.1, 0.15) is 0 Å². The van der Waals surface area contributed by atoms with Crippen molar-refractivity contribution >= 4 is 5.97 Å². The first kappa shape index (κ1) is 28.6. The van der Waals surface area contributed by atoms with E-state index in [1.165, 1.54) is 19.3 Å². The molecule has 0 aliphatic rings. The molecule has 0 saturated carbocycles.